The Hall–Kier alpha value is -3.09. The summed E-state index contributed by atoms with van der Waals surface area (Å²) >= 11 is 0. The second-order valence-corrected chi connectivity index (χ2v) is 6.79. The van der Waals surface area contributed by atoms with Crippen molar-refractivity contribution in [1.29, 1.82) is 0 Å². The van der Waals surface area contributed by atoms with Crippen LogP contribution in [0.3, 0.4) is 0 Å². The van der Waals surface area contributed by atoms with Crippen LogP contribution in [0.1, 0.15) is 28.9 Å². The molecule has 0 aliphatic rings. The fraction of sp³-hybridized carbons (Fsp3) is 0.350. The average molecular weight is 368 g/mol. The van der Waals surface area contributed by atoms with Crippen molar-refractivity contribution in [3.05, 3.63) is 53.0 Å². The Morgan fingerprint density at radius 1 is 1.30 bits per heavy atom. The number of fused-ring (bicyclic) bond motifs is 1. The molecule has 0 radical (unpaired) electrons. The topological polar surface area (TPSA) is 100 Å². The van der Waals surface area contributed by atoms with E-state index in [9.17, 15) is 14.7 Å². The summed E-state index contributed by atoms with van der Waals surface area (Å²) in [6.45, 7) is 3.88. The van der Waals surface area contributed by atoms with Gasteiger partial charge in [-0.15, -0.1) is 0 Å². The zero-order valence-corrected chi connectivity index (χ0v) is 15.7. The molecule has 0 bridgehead atoms. The zero-order valence-electron chi connectivity index (χ0n) is 15.7. The van der Waals surface area contributed by atoms with Crippen molar-refractivity contribution < 1.29 is 14.7 Å². The van der Waals surface area contributed by atoms with Gasteiger partial charge in [0.25, 0.3) is 0 Å². The molecule has 3 rings (SSSR count). The molecule has 3 aromatic rings. The molecular formula is C20H24N4O3. The van der Waals surface area contributed by atoms with Gasteiger partial charge in [0.05, 0.1) is 5.69 Å². The van der Waals surface area contributed by atoms with Crippen LogP contribution in [0, 0.1) is 13.8 Å². The molecule has 142 valence electrons. The third-order valence-electron chi connectivity index (χ3n) is 4.99. The molecule has 1 atom stereocenters. The molecule has 0 unspecified atom stereocenters. The number of amides is 1. The van der Waals surface area contributed by atoms with Crippen LogP contribution in [-0.2, 0) is 29.5 Å². The molecule has 7 heteroatoms. The molecule has 1 aromatic carbocycles. The summed E-state index contributed by atoms with van der Waals surface area (Å²) in [5.41, 5.74) is 4.78. The number of nitrogens with zero attached hydrogens (tertiary/aromatic N) is 2. The second-order valence-electron chi connectivity index (χ2n) is 6.79. The molecular weight excluding hydrogens is 344 g/mol. The molecule has 3 N–H and O–H groups in total. The maximum absolute atomic E-state index is 12.3. The van der Waals surface area contributed by atoms with Gasteiger partial charge in [-0.05, 0) is 37.5 Å². The highest BCUT2D eigenvalue weighted by molar-refractivity contribution is 5.86. The van der Waals surface area contributed by atoms with Gasteiger partial charge in [0, 0.05) is 42.7 Å². The van der Waals surface area contributed by atoms with Crippen LogP contribution in [0.2, 0.25) is 0 Å². The van der Waals surface area contributed by atoms with Crippen LogP contribution >= 0.6 is 0 Å². The number of carboxylic acid groups (broad SMARTS) is 1. The number of hydrogen-bond acceptors (Lipinski definition) is 3. The molecule has 0 saturated heterocycles. The second kappa shape index (κ2) is 7.65. The Balaban J connectivity index is 1.65. The van der Waals surface area contributed by atoms with Crippen molar-refractivity contribution in [2.45, 2.75) is 39.2 Å². The molecule has 27 heavy (non-hydrogen) atoms. The maximum atomic E-state index is 12.3. The lowest BCUT2D eigenvalue weighted by Gasteiger charge is -2.14. The first-order valence-electron chi connectivity index (χ1n) is 8.93. The first kappa shape index (κ1) is 18.7. The largest absolute Gasteiger partial charge is 0.480 e. The van der Waals surface area contributed by atoms with Crippen molar-refractivity contribution in [3.8, 4) is 0 Å². The predicted molar refractivity (Wildman–Crippen MR) is 103 cm³/mol. The van der Waals surface area contributed by atoms with Crippen molar-refractivity contribution in [1.82, 2.24) is 20.1 Å². The molecule has 7 nitrogen and oxygen atoms in total. The minimum Gasteiger partial charge on any atom is -0.480 e. The quantitative estimate of drug-likeness (QED) is 0.595. The number of para-hydroxylation sites is 1. The summed E-state index contributed by atoms with van der Waals surface area (Å²) in [5, 5.41) is 17.5. The van der Waals surface area contributed by atoms with Crippen molar-refractivity contribution in [3.63, 3.8) is 0 Å². The molecule has 0 saturated carbocycles. The molecule has 1 amide bonds. The number of carbonyl (C=O) groups excluding carboxylic acids is 1. The van der Waals surface area contributed by atoms with E-state index in [1.807, 2.05) is 45.2 Å². The van der Waals surface area contributed by atoms with Crippen LogP contribution in [0.4, 0.5) is 0 Å². The van der Waals surface area contributed by atoms with E-state index in [2.05, 4.69) is 15.4 Å². The summed E-state index contributed by atoms with van der Waals surface area (Å²) in [4.78, 5) is 27.1. The smallest absolute Gasteiger partial charge is 0.326 e. The normalized spacial score (nSPS) is 12.3. The van der Waals surface area contributed by atoms with Gasteiger partial charge in [-0.2, -0.15) is 5.10 Å². The van der Waals surface area contributed by atoms with Gasteiger partial charge in [0.2, 0.25) is 5.91 Å². The van der Waals surface area contributed by atoms with Crippen LogP contribution in [0.15, 0.2) is 30.5 Å². The number of aromatic amines is 1. The van der Waals surface area contributed by atoms with Crippen LogP contribution in [0.5, 0.6) is 0 Å². The Morgan fingerprint density at radius 2 is 2.04 bits per heavy atom. The monoisotopic (exact) mass is 368 g/mol. The van der Waals surface area contributed by atoms with Gasteiger partial charge in [0.1, 0.15) is 6.04 Å². The number of benzene rings is 1. The number of carbonyl (C=O) groups is 2. The van der Waals surface area contributed by atoms with Gasteiger partial charge in [-0.1, -0.05) is 18.2 Å². The van der Waals surface area contributed by atoms with Crippen LogP contribution in [-0.4, -0.2) is 37.8 Å². The van der Waals surface area contributed by atoms with E-state index in [1.54, 1.807) is 10.9 Å². The van der Waals surface area contributed by atoms with E-state index < -0.39 is 12.0 Å². The average Bonchev–Trinajstić information content (AvgIpc) is 3.14. The minimum atomic E-state index is -1.04. The predicted octanol–water partition coefficient (Wildman–Crippen LogP) is 2.26. The lowest BCUT2D eigenvalue weighted by molar-refractivity contribution is -0.141. The molecule has 0 aliphatic carbocycles. The first-order chi connectivity index (χ1) is 12.9. The number of hydrogen-bond donors (Lipinski definition) is 3. The summed E-state index contributed by atoms with van der Waals surface area (Å²) < 4.78 is 1.79. The Bertz CT molecular complexity index is 986. The van der Waals surface area contributed by atoms with Gasteiger partial charge in [-0.3, -0.25) is 9.48 Å². The van der Waals surface area contributed by atoms with Crippen molar-refractivity contribution >= 4 is 22.8 Å². The van der Waals surface area contributed by atoms with E-state index in [1.165, 1.54) is 0 Å². The number of carboxylic acids is 1. The highest BCUT2D eigenvalue weighted by Crippen LogP contribution is 2.19. The highest BCUT2D eigenvalue weighted by Gasteiger charge is 2.22. The minimum absolute atomic E-state index is 0.227. The Morgan fingerprint density at radius 3 is 2.70 bits per heavy atom. The first-order valence-corrected chi connectivity index (χ1v) is 8.93. The number of aromatic nitrogens is 3. The van der Waals surface area contributed by atoms with E-state index >= 15 is 0 Å². The van der Waals surface area contributed by atoms with E-state index in [-0.39, 0.29) is 18.7 Å². The van der Waals surface area contributed by atoms with Crippen LogP contribution < -0.4 is 5.32 Å². The van der Waals surface area contributed by atoms with E-state index in [0.717, 1.165) is 33.4 Å². The lowest BCUT2D eigenvalue weighted by Crippen LogP contribution is -2.42. The Labute approximate surface area is 157 Å². The number of H-pyrrole nitrogens is 1. The fourth-order valence-electron chi connectivity index (χ4n) is 3.40. The summed E-state index contributed by atoms with van der Waals surface area (Å²) in [6.07, 6.45) is 2.80. The maximum Gasteiger partial charge on any atom is 0.326 e. The molecule has 2 heterocycles. The van der Waals surface area contributed by atoms with Gasteiger partial charge in [0.15, 0.2) is 0 Å². The zero-order chi connectivity index (χ0) is 19.6. The summed E-state index contributed by atoms with van der Waals surface area (Å²) in [6, 6.07) is 6.74. The number of nitrogens with one attached hydrogen (secondary N) is 2. The van der Waals surface area contributed by atoms with Gasteiger partial charge >= 0.3 is 5.97 Å². The lowest BCUT2D eigenvalue weighted by atomic mass is 10.0. The molecule has 0 spiro atoms. The molecule has 0 aliphatic heterocycles. The third kappa shape index (κ3) is 4.02. The van der Waals surface area contributed by atoms with Gasteiger partial charge < -0.3 is 15.4 Å². The molecule has 2 aromatic heterocycles. The summed E-state index contributed by atoms with van der Waals surface area (Å²) in [7, 11) is 1.87. The number of aliphatic carboxylic acids is 1. The third-order valence-corrected chi connectivity index (χ3v) is 4.99. The number of rotatable bonds is 7. The van der Waals surface area contributed by atoms with E-state index in [4.69, 9.17) is 0 Å². The number of aryl methyl sites for hydroxylation is 2. The SMILES string of the molecule is Cc1nn(C)c(C)c1CCC(=O)N[C@@H](Cc1c[nH]c2ccccc12)C(=O)O. The van der Waals surface area contributed by atoms with E-state index in [0.29, 0.717) is 6.42 Å². The summed E-state index contributed by atoms with van der Waals surface area (Å²) in [5.74, 6) is -1.31. The highest BCUT2D eigenvalue weighted by atomic mass is 16.4. The van der Waals surface area contributed by atoms with Crippen molar-refractivity contribution in [2.75, 3.05) is 0 Å². The standard InChI is InChI=1S/C20H24N4O3/c1-12-15(13(2)24(3)23-12)8-9-19(25)22-18(20(26)27)10-14-11-21-17-7-5-4-6-16(14)17/h4-7,11,18,21H,8-10H2,1-3H3,(H,22,25)(H,26,27)/t18-/m0/s1. The Kier molecular flexibility index (Phi) is 5.30. The van der Waals surface area contributed by atoms with Crippen LogP contribution in [0.25, 0.3) is 10.9 Å². The van der Waals surface area contributed by atoms with Gasteiger partial charge in [-0.25, -0.2) is 4.79 Å². The fourth-order valence-corrected chi connectivity index (χ4v) is 3.40. The van der Waals surface area contributed by atoms with Crippen molar-refractivity contribution in [2.24, 2.45) is 7.05 Å². The molecule has 0 fully saturated rings.